The molecule has 102 valence electrons. The van der Waals surface area contributed by atoms with Crippen LogP contribution in [0.1, 0.15) is 44.2 Å². The Hall–Kier alpha value is -1.33. The van der Waals surface area contributed by atoms with Crippen LogP contribution in [0.15, 0.2) is 18.6 Å². The van der Waals surface area contributed by atoms with Crippen LogP contribution in [-0.2, 0) is 6.54 Å². The minimum absolute atomic E-state index is 0.427. The SMILES string of the molecule is CC(C)NCc1sc(-c2ccncn2)nc1C(C)C. The zero-order chi connectivity index (χ0) is 13.8. The zero-order valence-electron chi connectivity index (χ0n) is 11.8. The summed E-state index contributed by atoms with van der Waals surface area (Å²) in [5, 5.41) is 4.44. The molecule has 2 rings (SSSR count). The number of aromatic nitrogens is 3. The fourth-order valence-electron chi connectivity index (χ4n) is 1.76. The quantitative estimate of drug-likeness (QED) is 0.911. The van der Waals surface area contributed by atoms with E-state index in [0.29, 0.717) is 12.0 Å². The van der Waals surface area contributed by atoms with Crippen molar-refractivity contribution in [3.05, 3.63) is 29.2 Å². The summed E-state index contributed by atoms with van der Waals surface area (Å²) >= 11 is 1.72. The van der Waals surface area contributed by atoms with E-state index in [4.69, 9.17) is 4.98 Å². The summed E-state index contributed by atoms with van der Waals surface area (Å²) in [6.07, 6.45) is 3.32. The molecule has 0 aliphatic rings. The Labute approximate surface area is 118 Å². The van der Waals surface area contributed by atoms with Gasteiger partial charge < -0.3 is 5.32 Å². The van der Waals surface area contributed by atoms with Crippen molar-refractivity contribution < 1.29 is 0 Å². The van der Waals surface area contributed by atoms with Crippen molar-refractivity contribution >= 4 is 11.3 Å². The molecule has 0 spiro atoms. The Kier molecular flexibility index (Phi) is 4.61. The summed E-state index contributed by atoms with van der Waals surface area (Å²) in [4.78, 5) is 14.3. The predicted molar refractivity (Wildman–Crippen MR) is 79.2 cm³/mol. The maximum Gasteiger partial charge on any atom is 0.142 e. The van der Waals surface area contributed by atoms with Gasteiger partial charge in [0.15, 0.2) is 0 Å². The van der Waals surface area contributed by atoms with Crippen LogP contribution in [-0.4, -0.2) is 21.0 Å². The van der Waals surface area contributed by atoms with Crippen molar-refractivity contribution in [2.24, 2.45) is 0 Å². The van der Waals surface area contributed by atoms with Gasteiger partial charge in [0.05, 0.1) is 5.69 Å². The molecule has 0 atom stereocenters. The van der Waals surface area contributed by atoms with Crippen LogP contribution in [0.2, 0.25) is 0 Å². The van der Waals surface area contributed by atoms with E-state index < -0.39 is 0 Å². The van der Waals surface area contributed by atoms with E-state index in [1.165, 1.54) is 10.6 Å². The molecular weight excluding hydrogens is 256 g/mol. The van der Waals surface area contributed by atoms with Crippen molar-refractivity contribution in [3.63, 3.8) is 0 Å². The third kappa shape index (κ3) is 3.58. The van der Waals surface area contributed by atoms with Crippen LogP contribution < -0.4 is 5.32 Å². The van der Waals surface area contributed by atoms with E-state index in [-0.39, 0.29) is 0 Å². The Morgan fingerprint density at radius 1 is 1.26 bits per heavy atom. The highest BCUT2D eigenvalue weighted by atomic mass is 32.1. The largest absolute Gasteiger partial charge is 0.310 e. The first-order chi connectivity index (χ1) is 9.08. The van der Waals surface area contributed by atoms with E-state index in [0.717, 1.165) is 17.2 Å². The van der Waals surface area contributed by atoms with E-state index in [9.17, 15) is 0 Å². The van der Waals surface area contributed by atoms with Crippen molar-refractivity contribution in [2.75, 3.05) is 0 Å². The fourth-order valence-corrected chi connectivity index (χ4v) is 2.91. The van der Waals surface area contributed by atoms with Gasteiger partial charge in [0.1, 0.15) is 17.0 Å². The molecule has 1 N–H and O–H groups in total. The fraction of sp³-hybridized carbons (Fsp3) is 0.500. The lowest BCUT2D eigenvalue weighted by Gasteiger charge is -2.09. The second kappa shape index (κ2) is 6.21. The standard InChI is InChI=1S/C14H20N4S/c1-9(2)13-12(7-16-10(3)4)19-14(18-13)11-5-6-15-8-17-11/h5-6,8-10,16H,7H2,1-4H3. The topological polar surface area (TPSA) is 50.7 Å². The van der Waals surface area contributed by atoms with Gasteiger partial charge >= 0.3 is 0 Å². The van der Waals surface area contributed by atoms with Gasteiger partial charge in [0, 0.05) is 23.7 Å². The third-order valence-electron chi connectivity index (χ3n) is 2.75. The Bertz CT molecular complexity index is 519. The Morgan fingerprint density at radius 3 is 2.63 bits per heavy atom. The smallest absolute Gasteiger partial charge is 0.142 e. The van der Waals surface area contributed by atoms with E-state index >= 15 is 0 Å². The highest BCUT2D eigenvalue weighted by Gasteiger charge is 2.15. The van der Waals surface area contributed by atoms with Crippen molar-refractivity contribution in [2.45, 2.75) is 46.2 Å². The second-order valence-corrected chi connectivity index (χ2v) is 6.20. The lowest BCUT2D eigenvalue weighted by atomic mass is 10.1. The summed E-state index contributed by atoms with van der Waals surface area (Å²) in [5.74, 6) is 0.427. The molecular formula is C14H20N4S. The first-order valence-corrected chi connectivity index (χ1v) is 7.39. The number of nitrogens with one attached hydrogen (secondary N) is 1. The summed E-state index contributed by atoms with van der Waals surface area (Å²) in [5.41, 5.74) is 2.07. The Morgan fingerprint density at radius 2 is 2.05 bits per heavy atom. The molecule has 2 heterocycles. The van der Waals surface area contributed by atoms with E-state index in [2.05, 4.69) is 43.0 Å². The molecule has 0 unspecified atom stereocenters. The van der Waals surface area contributed by atoms with Crippen LogP contribution in [0.5, 0.6) is 0 Å². The maximum atomic E-state index is 4.75. The highest BCUT2D eigenvalue weighted by molar-refractivity contribution is 7.15. The minimum Gasteiger partial charge on any atom is -0.310 e. The molecule has 0 aliphatic carbocycles. The van der Waals surface area contributed by atoms with Crippen LogP contribution in [0.4, 0.5) is 0 Å². The van der Waals surface area contributed by atoms with Gasteiger partial charge in [-0.1, -0.05) is 27.7 Å². The molecule has 0 aromatic carbocycles. The molecule has 0 bridgehead atoms. The average molecular weight is 276 g/mol. The molecule has 0 fully saturated rings. The number of rotatable bonds is 5. The van der Waals surface area contributed by atoms with E-state index in [1.54, 1.807) is 23.9 Å². The summed E-state index contributed by atoms with van der Waals surface area (Å²) in [6.45, 7) is 9.53. The maximum absolute atomic E-state index is 4.75. The normalized spacial score (nSPS) is 11.5. The van der Waals surface area contributed by atoms with Gasteiger partial charge in [-0.3, -0.25) is 0 Å². The third-order valence-corrected chi connectivity index (χ3v) is 3.84. The molecule has 2 aromatic rings. The number of nitrogens with zero attached hydrogens (tertiary/aromatic N) is 3. The summed E-state index contributed by atoms with van der Waals surface area (Å²) in [7, 11) is 0. The first-order valence-electron chi connectivity index (χ1n) is 6.57. The van der Waals surface area contributed by atoms with Gasteiger partial charge in [-0.2, -0.15) is 0 Å². The molecule has 19 heavy (non-hydrogen) atoms. The highest BCUT2D eigenvalue weighted by Crippen LogP contribution is 2.30. The van der Waals surface area contributed by atoms with Crippen LogP contribution in [0.3, 0.4) is 0 Å². The predicted octanol–water partition coefficient (Wildman–Crippen LogP) is 3.22. The lowest BCUT2D eigenvalue weighted by Crippen LogP contribution is -2.22. The van der Waals surface area contributed by atoms with Gasteiger partial charge in [-0.15, -0.1) is 11.3 Å². The van der Waals surface area contributed by atoms with Gasteiger partial charge in [0.2, 0.25) is 0 Å². The van der Waals surface area contributed by atoms with Gasteiger partial charge in [-0.25, -0.2) is 15.0 Å². The zero-order valence-corrected chi connectivity index (χ0v) is 12.7. The van der Waals surface area contributed by atoms with Crippen LogP contribution >= 0.6 is 11.3 Å². The Balaban J connectivity index is 2.30. The minimum atomic E-state index is 0.427. The van der Waals surface area contributed by atoms with Gasteiger partial charge in [-0.05, 0) is 12.0 Å². The van der Waals surface area contributed by atoms with E-state index in [1.807, 2.05) is 6.07 Å². The second-order valence-electron chi connectivity index (χ2n) is 5.11. The van der Waals surface area contributed by atoms with Gasteiger partial charge in [0.25, 0.3) is 0 Å². The lowest BCUT2D eigenvalue weighted by molar-refractivity contribution is 0.588. The summed E-state index contributed by atoms with van der Waals surface area (Å²) in [6, 6.07) is 2.38. The molecule has 0 radical (unpaired) electrons. The molecule has 5 heteroatoms. The molecule has 0 saturated carbocycles. The van der Waals surface area contributed by atoms with Crippen molar-refractivity contribution in [3.8, 4) is 10.7 Å². The molecule has 0 saturated heterocycles. The number of thiazole rings is 1. The summed E-state index contributed by atoms with van der Waals surface area (Å²) < 4.78 is 0. The average Bonchev–Trinajstić information content (AvgIpc) is 2.81. The van der Waals surface area contributed by atoms with Crippen molar-refractivity contribution in [1.82, 2.24) is 20.3 Å². The number of hydrogen-bond acceptors (Lipinski definition) is 5. The van der Waals surface area contributed by atoms with Crippen LogP contribution in [0.25, 0.3) is 10.7 Å². The molecule has 0 aliphatic heterocycles. The number of hydrogen-bond donors (Lipinski definition) is 1. The molecule has 0 amide bonds. The van der Waals surface area contributed by atoms with Crippen LogP contribution in [0, 0.1) is 0 Å². The monoisotopic (exact) mass is 276 g/mol. The molecule has 4 nitrogen and oxygen atoms in total. The molecule has 2 aromatic heterocycles. The first kappa shape index (κ1) is 14.1. The van der Waals surface area contributed by atoms with Crippen molar-refractivity contribution in [1.29, 1.82) is 0 Å².